The van der Waals surface area contributed by atoms with Gasteiger partial charge in [-0.3, -0.25) is 14.9 Å². The molecule has 0 saturated carbocycles. The zero-order valence-electron chi connectivity index (χ0n) is 12.2. The van der Waals surface area contributed by atoms with E-state index in [-0.39, 0.29) is 24.0 Å². The highest BCUT2D eigenvalue weighted by Gasteiger charge is 2.23. The van der Waals surface area contributed by atoms with Crippen LogP contribution in [0.3, 0.4) is 0 Å². The summed E-state index contributed by atoms with van der Waals surface area (Å²) in [5, 5.41) is 14.3. The summed E-state index contributed by atoms with van der Waals surface area (Å²) in [4.78, 5) is 30.2. The normalized spacial score (nSPS) is 14.9. The van der Waals surface area contributed by atoms with Crippen LogP contribution in [-0.2, 0) is 4.79 Å². The third-order valence-corrected chi connectivity index (χ3v) is 3.38. The lowest BCUT2D eigenvalue weighted by atomic mass is 10.2. The summed E-state index contributed by atoms with van der Waals surface area (Å²) in [5.74, 6) is 0.171. The topological polar surface area (TPSA) is 91.6 Å². The van der Waals surface area contributed by atoms with Crippen LogP contribution in [0.4, 0.5) is 11.5 Å². The molecule has 0 radical (unpaired) electrons. The summed E-state index contributed by atoms with van der Waals surface area (Å²) in [6, 6.07) is 1.47. The van der Waals surface area contributed by atoms with Crippen LogP contribution in [0.5, 0.6) is 0 Å². The van der Waals surface area contributed by atoms with Gasteiger partial charge in [-0.15, -0.1) is 0 Å². The SMILES string of the molecule is Cc1cnc(N(C)CC(=O)N2CCNCC2)c([N+](=O)[O-])c1. The number of amides is 1. The second-order valence-corrected chi connectivity index (χ2v) is 5.10. The van der Waals surface area contributed by atoms with Crippen molar-refractivity contribution in [1.29, 1.82) is 0 Å². The second-order valence-electron chi connectivity index (χ2n) is 5.10. The molecule has 1 saturated heterocycles. The van der Waals surface area contributed by atoms with Gasteiger partial charge in [0, 0.05) is 45.5 Å². The van der Waals surface area contributed by atoms with E-state index >= 15 is 0 Å². The molecule has 0 unspecified atom stereocenters. The first-order chi connectivity index (χ1) is 9.99. The number of piperazine rings is 1. The van der Waals surface area contributed by atoms with Crippen molar-refractivity contribution in [2.45, 2.75) is 6.92 Å². The van der Waals surface area contributed by atoms with E-state index in [1.54, 1.807) is 25.1 Å². The van der Waals surface area contributed by atoms with Gasteiger partial charge in [-0.1, -0.05) is 0 Å². The Balaban J connectivity index is 2.11. The Bertz CT molecular complexity index is 543. The summed E-state index contributed by atoms with van der Waals surface area (Å²) in [6.07, 6.45) is 1.56. The monoisotopic (exact) mass is 293 g/mol. The zero-order valence-corrected chi connectivity index (χ0v) is 12.2. The molecule has 1 aromatic heterocycles. The van der Waals surface area contributed by atoms with Gasteiger partial charge in [0.25, 0.3) is 0 Å². The number of nitro groups is 1. The number of carbonyl (C=O) groups excluding carboxylic acids is 1. The number of nitrogens with one attached hydrogen (secondary N) is 1. The van der Waals surface area contributed by atoms with Crippen molar-refractivity contribution in [1.82, 2.24) is 15.2 Å². The predicted molar refractivity (Wildman–Crippen MR) is 78.3 cm³/mol. The number of anilines is 1. The third kappa shape index (κ3) is 3.66. The summed E-state index contributed by atoms with van der Waals surface area (Å²) in [6.45, 7) is 4.70. The minimum Gasteiger partial charge on any atom is -0.345 e. The summed E-state index contributed by atoms with van der Waals surface area (Å²) >= 11 is 0. The standard InChI is InChI=1S/C13H19N5O3/c1-10-7-11(18(20)21)13(15-8-10)16(2)9-12(19)17-5-3-14-4-6-17/h7-8,14H,3-6,9H2,1-2H3. The summed E-state index contributed by atoms with van der Waals surface area (Å²) < 4.78 is 0. The number of likely N-dealkylation sites (N-methyl/N-ethyl adjacent to an activating group) is 1. The van der Waals surface area contributed by atoms with Gasteiger partial charge >= 0.3 is 5.69 Å². The minimum atomic E-state index is -0.471. The molecule has 21 heavy (non-hydrogen) atoms. The lowest BCUT2D eigenvalue weighted by molar-refractivity contribution is -0.384. The lowest BCUT2D eigenvalue weighted by Crippen LogP contribution is -2.49. The van der Waals surface area contributed by atoms with E-state index in [1.165, 1.54) is 11.0 Å². The molecular formula is C13H19N5O3. The molecule has 1 aliphatic heterocycles. The van der Waals surface area contributed by atoms with Gasteiger partial charge in [0.2, 0.25) is 11.7 Å². The number of carbonyl (C=O) groups is 1. The maximum absolute atomic E-state index is 12.2. The number of aryl methyl sites for hydroxylation is 1. The van der Waals surface area contributed by atoms with E-state index < -0.39 is 4.92 Å². The van der Waals surface area contributed by atoms with Crippen LogP contribution in [0.15, 0.2) is 12.3 Å². The maximum Gasteiger partial charge on any atom is 0.311 e. The predicted octanol–water partition coefficient (Wildman–Crippen LogP) is 0.166. The molecule has 8 nitrogen and oxygen atoms in total. The quantitative estimate of drug-likeness (QED) is 0.628. The van der Waals surface area contributed by atoms with Gasteiger partial charge in [-0.25, -0.2) is 4.98 Å². The number of aromatic nitrogens is 1. The van der Waals surface area contributed by atoms with Gasteiger partial charge in [0.1, 0.15) is 0 Å². The fourth-order valence-electron chi connectivity index (χ4n) is 2.27. The first kappa shape index (κ1) is 15.2. The highest BCUT2D eigenvalue weighted by molar-refractivity contribution is 5.82. The van der Waals surface area contributed by atoms with Gasteiger partial charge in [0.15, 0.2) is 0 Å². The highest BCUT2D eigenvalue weighted by atomic mass is 16.6. The Kier molecular flexibility index (Phi) is 4.69. The molecule has 0 bridgehead atoms. The second kappa shape index (κ2) is 6.49. The Labute approximate surface area is 122 Å². The van der Waals surface area contributed by atoms with Crippen molar-refractivity contribution < 1.29 is 9.72 Å². The minimum absolute atomic E-state index is 0.0457. The van der Waals surface area contributed by atoms with Crippen molar-refractivity contribution in [3.05, 3.63) is 27.9 Å². The molecule has 1 amide bonds. The van der Waals surface area contributed by atoms with Crippen LogP contribution >= 0.6 is 0 Å². The number of hydrogen-bond acceptors (Lipinski definition) is 6. The van der Waals surface area contributed by atoms with E-state index in [9.17, 15) is 14.9 Å². The molecule has 0 atom stereocenters. The molecule has 2 heterocycles. The van der Waals surface area contributed by atoms with Crippen LogP contribution < -0.4 is 10.2 Å². The smallest absolute Gasteiger partial charge is 0.311 e. The van der Waals surface area contributed by atoms with Crippen LogP contribution in [0.2, 0.25) is 0 Å². The Morgan fingerprint density at radius 2 is 2.19 bits per heavy atom. The van der Waals surface area contributed by atoms with Crippen LogP contribution in [-0.4, -0.2) is 60.5 Å². The molecule has 1 aliphatic rings. The Morgan fingerprint density at radius 3 is 2.81 bits per heavy atom. The van der Waals surface area contributed by atoms with E-state index in [4.69, 9.17) is 0 Å². The molecule has 8 heteroatoms. The fraction of sp³-hybridized carbons (Fsp3) is 0.538. The van der Waals surface area contributed by atoms with Crippen LogP contribution in [0.1, 0.15) is 5.56 Å². The molecule has 2 rings (SSSR count). The highest BCUT2D eigenvalue weighted by Crippen LogP contribution is 2.25. The Morgan fingerprint density at radius 1 is 1.52 bits per heavy atom. The van der Waals surface area contributed by atoms with Crippen molar-refractivity contribution in [3.63, 3.8) is 0 Å². The van der Waals surface area contributed by atoms with Gasteiger partial charge in [0.05, 0.1) is 11.5 Å². The van der Waals surface area contributed by atoms with Gasteiger partial charge in [-0.2, -0.15) is 0 Å². The van der Waals surface area contributed by atoms with Crippen LogP contribution in [0, 0.1) is 17.0 Å². The Hall–Kier alpha value is -2.22. The zero-order chi connectivity index (χ0) is 15.4. The molecule has 114 valence electrons. The van der Waals surface area contributed by atoms with E-state index in [0.717, 1.165) is 13.1 Å². The first-order valence-corrected chi connectivity index (χ1v) is 6.79. The molecule has 1 aromatic rings. The average Bonchev–Trinajstić information content (AvgIpc) is 2.47. The van der Waals surface area contributed by atoms with Crippen molar-refractivity contribution in [2.24, 2.45) is 0 Å². The van der Waals surface area contributed by atoms with E-state index in [0.29, 0.717) is 18.7 Å². The van der Waals surface area contributed by atoms with Crippen molar-refractivity contribution in [3.8, 4) is 0 Å². The molecule has 1 N–H and O–H groups in total. The molecule has 1 fully saturated rings. The van der Waals surface area contributed by atoms with Crippen molar-refractivity contribution >= 4 is 17.4 Å². The average molecular weight is 293 g/mol. The van der Waals surface area contributed by atoms with E-state index in [2.05, 4.69) is 10.3 Å². The third-order valence-electron chi connectivity index (χ3n) is 3.38. The molecule has 0 aromatic carbocycles. The number of pyridine rings is 1. The molecule has 0 aliphatic carbocycles. The molecular weight excluding hydrogens is 274 g/mol. The van der Waals surface area contributed by atoms with Gasteiger partial charge < -0.3 is 15.1 Å². The first-order valence-electron chi connectivity index (χ1n) is 6.79. The summed E-state index contributed by atoms with van der Waals surface area (Å²) in [5.41, 5.74) is 0.637. The number of hydrogen-bond donors (Lipinski definition) is 1. The maximum atomic E-state index is 12.2. The number of nitrogens with zero attached hydrogens (tertiary/aromatic N) is 4. The fourth-order valence-corrected chi connectivity index (χ4v) is 2.27. The van der Waals surface area contributed by atoms with Crippen LogP contribution in [0.25, 0.3) is 0 Å². The van der Waals surface area contributed by atoms with E-state index in [1.807, 2.05) is 0 Å². The van der Waals surface area contributed by atoms with Gasteiger partial charge in [-0.05, 0) is 12.5 Å². The summed E-state index contributed by atoms with van der Waals surface area (Å²) in [7, 11) is 1.64. The molecule has 0 spiro atoms. The number of rotatable bonds is 4. The largest absolute Gasteiger partial charge is 0.345 e. The lowest BCUT2D eigenvalue weighted by Gasteiger charge is -2.29. The van der Waals surface area contributed by atoms with Crippen molar-refractivity contribution in [2.75, 3.05) is 44.7 Å².